The summed E-state index contributed by atoms with van der Waals surface area (Å²) < 4.78 is 0. The number of H-pyrrole nitrogens is 1. The number of carboxylic acids is 1. The van der Waals surface area contributed by atoms with Crippen LogP contribution in [0, 0.1) is 11.8 Å². The first-order chi connectivity index (χ1) is 21.6. The van der Waals surface area contributed by atoms with Gasteiger partial charge in [-0.3, -0.25) is 24.0 Å². The molecule has 0 unspecified atom stereocenters. The van der Waals surface area contributed by atoms with Gasteiger partial charge in [-0.15, -0.1) is 0 Å². The molecule has 11 N–H and O–H groups in total. The van der Waals surface area contributed by atoms with E-state index in [2.05, 4.69) is 31.2 Å². The van der Waals surface area contributed by atoms with Gasteiger partial charge in [0.15, 0.2) is 0 Å². The predicted octanol–water partition coefficient (Wildman–Crippen LogP) is -1.17. The molecule has 0 spiro atoms. The smallest absolute Gasteiger partial charge is 0.326 e. The van der Waals surface area contributed by atoms with Crippen molar-refractivity contribution in [1.82, 2.24) is 31.2 Å². The van der Waals surface area contributed by atoms with Crippen LogP contribution < -0.4 is 32.7 Å². The van der Waals surface area contributed by atoms with E-state index in [9.17, 15) is 39.0 Å². The number of carbonyl (C=O) groups is 6. The highest BCUT2D eigenvalue weighted by molar-refractivity contribution is 5.95. The number of hydrogen-bond acceptors (Lipinski definition) is 9. The molecule has 0 fully saturated rings. The van der Waals surface area contributed by atoms with E-state index in [1.807, 2.05) is 0 Å². The zero-order chi connectivity index (χ0) is 34.6. The number of aromatic amines is 1. The minimum atomic E-state index is -1.47. The summed E-state index contributed by atoms with van der Waals surface area (Å²) in [6.07, 6.45) is 2.24. The Hall–Kier alpha value is -4.99. The number of nitrogens with two attached hydrogens (primary N) is 2. The van der Waals surface area contributed by atoms with Gasteiger partial charge in [-0.25, -0.2) is 9.78 Å². The molecule has 46 heavy (non-hydrogen) atoms. The van der Waals surface area contributed by atoms with Gasteiger partial charge in [0, 0.05) is 31.2 Å². The fraction of sp³-hybridized carbons (Fsp3) is 0.500. The Morgan fingerprint density at radius 2 is 1.37 bits per heavy atom. The number of nitrogens with zero attached hydrogens (tertiary/aromatic N) is 1. The summed E-state index contributed by atoms with van der Waals surface area (Å²) in [5.41, 5.74) is 12.2. The van der Waals surface area contributed by atoms with Crippen LogP contribution in [0.2, 0.25) is 0 Å². The van der Waals surface area contributed by atoms with Crippen molar-refractivity contribution in [3.05, 3.63) is 48.0 Å². The lowest BCUT2D eigenvalue weighted by atomic mass is 9.99. The number of aliphatic carboxylic acids is 1. The van der Waals surface area contributed by atoms with Gasteiger partial charge in [-0.05, 0) is 36.0 Å². The van der Waals surface area contributed by atoms with E-state index in [4.69, 9.17) is 11.5 Å². The molecule has 0 saturated heterocycles. The highest BCUT2D eigenvalue weighted by Gasteiger charge is 2.33. The Labute approximate surface area is 266 Å². The van der Waals surface area contributed by atoms with Crippen LogP contribution in [0.15, 0.2) is 36.8 Å². The standard InChI is InChI=1S/C30H44N8O8/c1-15(2)24(32)28(43)36-22(12-18-13-33-14-34-18)27(42)38-25(16(3)4)29(44)37-21(11-17-5-7-19(39)8-6-17)26(41)35-20(30(45)46)9-10-23(31)40/h5-8,13-16,20-22,24-25,39H,9-12,32H2,1-4H3,(H2,31,40)(H,33,34)(H,35,41)(H,36,43)(H,37,44)(H,38,42)(H,45,46)/t20-,21-,22-,24-,25-/m0/s1. The number of aromatic nitrogens is 2. The van der Waals surface area contributed by atoms with Crippen LogP contribution in [-0.2, 0) is 41.6 Å². The van der Waals surface area contributed by atoms with Crippen LogP contribution in [0.3, 0.4) is 0 Å². The van der Waals surface area contributed by atoms with Gasteiger partial charge < -0.3 is 47.9 Å². The second kappa shape index (κ2) is 17.5. The molecule has 16 heteroatoms. The average molecular weight is 645 g/mol. The number of rotatable bonds is 18. The fourth-order valence-corrected chi connectivity index (χ4v) is 4.34. The van der Waals surface area contributed by atoms with E-state index in [0.717, 1.165) is 0 Å². The third-order valence-electron chi connectivity index (χ3n) is 7.18. The van der Waals surface area contributed by atoms with E-state index >= 15 is 0 Å². The van der Waals surface area contributed by atoms with Crippen LogP contribution >= 0.6 is 0 Å². The highest BCUT2D eigenvalue weighted by atomic mass is 16.4. The minimum absolute atomic E-state index is 0.0165. The lowest BCUT2D eigenvalue weighted by Crippen LogP contribution is -2.60. The molecule has 0 bridgehead atoms. The minimum Gasteiger partial charge on any atom is -0.508 e. The molecule has 1 heterocycles. The van der Waals surface area contributed by atoms with Gasteiger partial charge in [-0.1, -0.05) is 39.8 Å². The quantitative estimate of drug-likeness (QED) is 0.0938. The Bertz CT molecular complexity index is 1350. The summed E-state index contributed by atoms with van der Waals surface area (Å²) >= 11 is 0. The Balaban J connectivity index is 2.31. The number of carboxylic acid groups (broad SMARTS) is 1. The molecular weight excluding hydrogens is 600 g/mol. The third kappa shape index (κ3) is 11.8. The van der Waals surface area contributed by atoms with E-state index in [-0.39, 0.29) is 37.4 Å². The first-order valence-corrected chi connectivity index (χ1v) is 14.8. The maximum absolute atomic E-state index is 13.6. The number of imidazole rings is 1. The molecule has 5 amide bonds. The van der Waals surface area contributed by atoms with Crippen molar-refractivity contribution in [2.45, 2.75) is 83.6 Å². The molecule has 252 valence electrons. The van der Waals surface area contributed by atoms with Gasteiger partial charge in [0.1, 0.15) is 29.9 Å². The van der Waals surface area contributed by atoms with Crippen molar-refractivity contribution in [3.63, 3.8) is 0 Å². The molecule has 2 aromatic rings. The Morgan fingerprint density at radius 3 is 1.89 bits per heavy atom. The molecular formula is C30H44N8O8. The van der Waals surface area contributed by atoms with Gasteiger partial charge >= 0.3 is 5.97 Å². The van der Waals surface area contributed by atoms with E-state index in [1.165, 1.54) is 36.8 Å². The summed E-state index contributed by atoms with van der Waals surface area (Å²) in [6, 6.07) is -0.189. The predicted molar refractivity (Wildman–Crippen MR) is 166 cm³/mol. The molecule has 1 aromatic heterocycles. The molecule has 5 atom stereocenters. The van der Waals surface area contributed by atoms with Crippen LogP contribution in [0.1, 0.15) is 51.8 Å². The van der Waals surface area contributed by atoms with Gasteiger partial charge in [-0.2, -0.15) is 0 Å². The molecule has 16 nitrogen and oxygen atoms in total. The van der Waals surface area contributed by atoms with E-state index in [1.54, 1.807) is 27.7 Å². The summed E-state index contributed by atoms with van der Waals surface area (Å²) in [5, 5.41) is 29.5. The number of nitrogens with one attached hydrogen (secondary N) is 5. The van der Waals surface area contributed by atoms with Gasteiger partial charge in [0.25, 0.3) is 0 Å². The Kier molecular flexibility index (Phi) is 14.1. The summed E-state index contributed by atoms with van der Waals surface area (Å²) in [7, 11) is 0. The summed E-state index contributed by atoms with van der Waals surface area (Å²) in [4.78, 5) is 83.0. The Morgan fingerprint density at radius 1 is 0.804 bits per heavy atom. The number of carbonyl (C=O) groups excluding carboxylic acids is 5. The maximum atomic E-state index is 13.6. The number of aromatic hydroxyl groups is 1. The number of primary amides is 1. The molecule has 1 aromatic carbocycles. The van der Waals surface area contributed by atoms with Gasteiger partial charge in [0.2, 0.25) is 29.5 Å². The number of hydrogen-bond donors (Lipinski definition) is 9. The van der Waals surface area contributed by atoms with E-state index < -0.39 is 71.6 Å². The number of phenolic OH excluding ortho intramolecular Hbond substituents is 1. The molecule has 0 aliphatic carbocycles. The lowest BCUT2D eigenvalue weighted by Gasteiger charge is -2.28. The largest absolute Gasteiger partial charge is 0.508 e. The van der Waals surface area contributed by atoms with Crippen molar-refractivity contribution in [2.75, 3.05) is 0 Å². The summed E-state index contributed by atoms with van der Waals surface area (Å²) in [5.74, 6) is -5.75. The highest BCUT2D eigenvalue weighted by Crippen LogP contribution is 2.13. The zero-order valence-corrected chi connectivity index (χ0v) is 26.3. The normalized spacial score (nSPS) is 14.4. The van der Waals surface area contributed by atoms with Crippen LogP contribution in [0.4, 0.5) is 0 Å². The fourth-order valence-electron chi connectivity index (χ4n) is 4.34. The van der Waals surface area contributed by atoms with Crippen molar-refractivity contribution in [1.29, 1.82) is 0 Å². The average Bonchev–Trinajstić information content (AvgIpc) is 3.50. The monoisotopic (exact) mass is 644 g/mol. The van der Waals surface area contributed by atoms with E-state index in [0.29, 0.717) is 11.3 Å². The second-order valence-electron chi connectivity index (χ2n) is 11.7. The van der Waals surface area contributed by atoms with Crippen LogP contribution in [0.25, 0.3) is 0 Å². The molecule has 0 radical (unpaired) electrons. The number of amides is 5. The maximum Gasteiger partial charge on any atom is 0.326 e. The van der Waals surface area contributed by atoms with Crippen molar-refractivity contribution in [2.24, 2.45) is 23.3 Å². The summed E-state index contributed by atoms with van der Waals surface area (Å²) in [6.45, 7) is 6.85. The SMILES string of the molecule is CC(C)[C@H](N)C(=O)N[C@@H](Cc1cnc[nH]1)C(=O)N[C@H](C(=O)N[C@@H](Cc1ccc(O)cc1)C(=O)N[C@@H](CCC(N)=O)C(=O)O)C(C)C. The topological polar surface area (TPSA) is 272 Å². The van der Waals surface area contributed by atoms with Crippen LogP contribution in [0.5, 0.6) is 5.75 Å². The van der Waals surface area contributed by atoms with Crippen LogP contribution in [-0.4, -0.2) is 85.9 Å². The molecule has 0 aliphatic rings. The number of phenols is 1. The third-order valence-corrected chi connectivity index (χ3v) is 7.18. The molecule has 0 saturated carbocycles. The molecule has 2 rings (SSSR count). The second-order valence-corrected chi connectivity index (χ2v) is 11.7. The lowest BCUT2D eigenvalue weighted by molar-refractivity contribution is -0.142. The number of benzene rings is 1. The van der Waals surface area contributed by atoms with Gasteiger partial charge in [0.05, 0.1) is 12.4 Å². The molecule has 0 aliphatic heterocycles. The first kappa shape index (κ1) is 37.2. The van der Waals surface area contributed by atoms with Crippen molar-refractivity contribution in [3.8, 4) is 5.75 Å². The first-order valence-electron chi connectivity index (χ1n) is 14.8. The van der Waals surface area contributed by atoms with Crippen molar-refractivity contribution < 1.29 is 39.0 Å². The zero-order valence-electron chi connectivity index (χ0n) is 26.3. The van der Waals surface area contributed by atoms with Crippen molar-refractivity contribution >= 4 is 35.5 Å².